The fourth-order valence-corrected chi connectivity index (χ4v) is 8.94. The zero-order valence-electron chi connectivity index (χ0n) is 21.3. The minimum atomic E-state index is -0.250. The van der Waals surface area contributed by atoms with Crippen molar-refractivity contribution < 1.29 is 19.1 Å². The van der Waals surface area contributed by atoms with Crippen molar-refractivity contribution in [2.75, 3.05) is 14.2 Å². The number of carbonyl (C=O) groups is 2. The van der Waals surface area contributed by atoms with Crippen LogP contribution in [0.2, 0.25) is 0 Å². The molecule has 0 radical (unpaired) electrons. The minimum absolute atomic E-state index is 0.237. The Morgan fingerprint density at radius 2 is 1.35 bits per heavy atom. The molecule has 0 atom stereocenters. The highest BCUT2D eigenvalue weighted by Gasteiger charge is 2.25. The molecule has 4 aromatic rings. The predicted molar refractivity (Wildman–Crippen MR) is 154 cm³/mol. The van der Waals surface area contributed by atoms with Gasteiger partial charge in [-0.05, 0) is 71.1 Å². The highest BCUT2D eigenvalue weighted by molar-refractivity contribution is 9.10. The van der Waals surface area contributed by atoms with Crippen LogP contribution in [-0.2, 0) is 9.47 Å². The van der Waals surface area contributed by atoms with E-state index >= 15 is 0 Å². The maximum atomic E-state index is 11.6. The second-order valence-corrected chi connectivity index (χ2v) is 12.9. The fourth-order valence-electron chi connectivity index (χ4n) is 5.78. The second kappa shape index (κ2) is 11.7. The lowest BCUT2D eigenvalue weighted by atomic mass is 9.85. The number of carbonyl (C=O) groups excluding carboxylic acids is 2. The number of thiophene rings is 2. The molecule has 4 aromatic heterocycles. The molecule has 4 heterocycles. The standard InChI is InChI=1S/C14H16BrNO2S.C14H17NO2S/c1-18-14(17)10-7-9-12(19-10)11(13(15)16-9)8-5-3-2-4-6-8;1-17-14(16)12-7-11-13(18-12)10(8-15-11)9-5-3-2-4-6-9/h7-8,16H,2-6H2,1H3;7-9,15H,2-6H2,1H3. The van der Waals surface area contributed by atoms with Crippen LogP contribution in [0.5, 0.6) is 0 Å². The summed E-state index contributed by atoms with van der Waals surface area (Å²) in [6.45, 7) is 0. The Hall–Kier alpha value is -2.10. The van der Waals surface area contributed by atoms with Crippen molar-refractivity contribution in [3.05, 3.63) is 43.8 Å². The molecule has 0 aromatic carbocycles. The molecule has 198 valence electrons. The maximum Gasteiger partial charge on any atom is 0.348 e. The number of halogens is 1. The third-order valence-corrected chi connectivity index (χ3v) is 10.6. The van der Waals surface area contributed by atoms with E-state index in [2.05, 4.69) is 32.1 Å². The van der Waals surface area contributed by atoms with Crippen LogP contribution in [-0.4, -0.2) is 36.1 Å². The normalized spacial score (nSPS) is 17.1. The van der Waals surface area contributed by atoms with Crippen molar-refractivity contribution in [1.82, 2.24) is 9.97 Å². The monoisotopic (exact) mass is 604 g/mol. The van der Waals surface area contributed by atoms with Crippen LogP contribution < -0.4 is 0 Å². The van der Waals surface area contributed by atoms with E-state index in [9.17, 15) is 9.59 Å². The second-order valence-electron chi connectivity index (χ2n) is 9.96. The van der Waals surface area contributed by atoms with E-state index in [4.69, 9.17) is 9.47 Å². The maximum absolute atomic E-state index is 11.6. The van der Waals surface area contributed by atoms with Gasteiger partial charge in [-0.2, -0.15) is 0 Å². The molecule has 2 saturated carbocycles. The minimum Gasteiger partial charge on any atom is -0.465 e. The molecule has 0 unspecified atom stereocenters. The molecular weight excluding hydrogens is 572 g/mol. The number of fused-ring (bicyclic) bond motifs is 2. The number of esters is 2. The molecular formula is C28H33BrN2O4S2. The Balaban J connectivity index is 0.000000152. The summed E-state index contributed by atoms with van der Waals surface area (Å²) >= 11 is 6.72. The van der Waals surface area contributed by atoms with Crippen LogP contribution in [0, 0.1) is 0 Å². The average Bonchev–Trinajstić information content (AvgIpc) is 3.69. The van der Waals surface area contributed by atoms with E-state index in [1.807, 2.05) is 12.1 Å². The van der Waals surface area contributed by atoms with Gasteiger partial charge in [-0.1, -0.05) is 38.5 Å². The molecule has 6 nitrogen and oxygen atoms in total. The largest absolute Gasteiger partial charge is 0.465 e. The molecule has 2 aliphatic carbocycles. The summed E-state index contributed by atoms with van der Waals surface area (Å²) in [5.74, 6) is 0.789. The number of nitrogens with one attached hydrogen (secondary N) is 2. The summed E-state index contributed by atoms with van der Waals surface area (Å²) in [6, 6.07) is 3.79. The summed E-state index contributed by atoms with van der Waals surface area (Å²) in [7, 11) is 2.85. The SMILES string of the molecule is COC(=O)c1cc2[nH]c(Br)c(C3CCCCC3)c2s1.COC(=O)c1cc2[nH]cc(C3CCCCC3)c2s1. The van der Waals surface area contributed by atoms with Crippen molar-refractivity contribution in [2.45, 2.75) is 76.0 Å². The van der Waals surface area contributed by atoms with E-state index in [-0.39, 0.29) is 11.9 Å². The van der Waals surface area contributed by atoms with Crippen LogP contribution in [0.4, 0.5) is 0 Å². The van der Waals surface area contributed by atoms with Gasteiger partial charge in [0.25, 0.3) is 0 Å². The quantitative estimate of drug-likeness (QED) is 0.228. The lowest BCUT2D eigenvalue weighted by Crippen LogP contribution is -2.04. The fraction of sp³-hybridized carbons (Fsp3) is 0.500. The molecule has 0 amide bonds. The first kappa shape index (κ1) is 26.5. The van der Waals surface area contributed by atoms with Crippen molar-refractivity contribution in [3.63, 3.8) is 0 Å². The van der Waals surface area contributed by atoms with Crippen LogP contribution in [0.1, 0.15) is 107 Å². The Morgan fingerprint density at radius 3 is 1.95 bits per heavy atom. The summed E-state index contributed by atoms with van der Waals surface area (Å²) in [5.41, 5.74) is 4.86. The smallest absolute Gasteiger partial charge is 0.348 e. The Kier molecular flexibility index (Phi) is 8.41. The number of rotatable bonds is 4. The van der Waals surface area contributed by atoms with Gasteiger partial charge in [-0.3, -0.25) is 0 Å². The predicted octanol–water partition coefficient (Wildman–Crippen LogP) is 8.89. The van der Waals surface area contributed by atoms with Crippen molar-refractivity contribution in [1.29, 1.82) is 0 Å². The molecule has 0 saturated heterocycles. The molecule has 2 N–H and O–H groups in total. The van der Waals surface area contributed by atoms with Crippen molar-refractivity contribution >= 4 is 71.0 Å². The van der Waals surface area contributed by atoms with Crippen molar-refractivity contribution in [2.24, 2.45) is 0 Å². The summed E-state index contributed by atoms with van der Waals surface area (Å²) in [4.78, 5) is 31.2. The van der Waals surface area contributed by atoms with Crippen LogP contribution >= 0.6 is 38.6 Å². The van der Waals surface area contributed by atoms with Gasteiger partial charge in [0, 0.05) is 11.8 Å². The molecule has 0 bridgehead atoms. The summed E-state index contributed by atoms with van der Waals surface area (Å²) in [5, 5.41) is 0. The number of hydrogen-bond donors (Lipinski definition) is 2. The molecule has 9 heteroatoms. The molecule has 6 rings (SSSR count). The molecule has 2 aliphatic rings. The number of hydrogen-bond acceptors (Lipinski definition) is 6. The van der Waals surface area contributed by atoms with Crippen LogP contribution in [0.25, 0.3) is 20.4 Å². The van der Waals surface area contributed by atoms with Crippen LogP contribution in [0.3, 0.4) is 0 Å². The van der Waals surface area contributed by atoms with E-state index in [1.54, 1.807) is 11.3 Å². The third-order valence-electron chi connectivity index (χ3n) is 7.67. The average molecular weight is 606 g/mol. The van der Waals surface area contributed by atoms with E-state index in [0.29, 0.717) is 21.6 Å². The molecule has 0 aliphatic heterocycles. The van der Waals surface area contributed by atoms with Gasteiger partial charge in [0.15, 0.2) is 0 Å². The van der Waals surface area contributed by atoms with Gasteiger partial charge < -0.3 is 19.4 Å². The molecule has 37 heavy (non-hydrogen) atoms. The van der Waals surface area contributed by atoms with E-state index < -0.39 is 0 Å². The first-order valence-electron chi connectivity index (χ1n) is 13.1. The van der Waals surface area contributed by atoms with Gasteiger partial charge in [0.1, 0.15) is 9.75 Å². The van der Waals surface area contributed by atoms with E-state index in [1.165, 1.54) is 110 Å². The Morgan fingerprint density at radius 1 is 0.811 bits per heavy atom. The van der Waals surface area contributed by atoms with Gasteiger partial charge >= 0.3 is 11.9 Å². The number of aromatic amines is 2. The zero-order valence-corrected chi connectivity index (χ0v) is 24.5. The zero-order chi connectivity index (χ0) is 25.9. The lowest BCUT2D eigenvalue weighted by Gasteiger charge is -2.21. The van der Waals surface area contributed by atoms with Crippen molar-refractivity contribution in [3.8, 4) is 0 Å². The Labute approximate surface area is 233 Å². The van der Waals surface area contributed by atoms with Gasteiger partial charge in [-0.25, -0.2) is 9.59 Å². The number of methoxy groups -OCH3 is 2. The van der Waals surface area contributed by atoms with Gasteiger partial charge in [0.2, 0.25) is 0 Å². The number of H-pyrrole nitrogens is 2. The molecule has 0 spiro atoms. The highest BCUT2D eigenvalue weighted by Crippen LogP contribution is 2.43. The highest BCUT2D eigenvalue weighted by atomic mass is 79.9. The summed E-state index contributed by atoms with van der Waals surface area (Å²) in [6.07, 6.45) is 15.1. The van der Waals surface area contributed by atoms with Gasteiger partial charge in [0.05, 0.1) is 39.3 Å². The van der Waals surface area contributed by atoms with Gasteiger partial charge in [-0.15, -0.1) is 22.7 Å². The summed E-state index contributed by atoms with van der Waals surface area (Å²) < 4.78 is 13.1. The van der Waals surface area contributed by atoms with E-state index in [0.717, 1.165) is 15.6 Å². The first-order valence-corrected chi connectivity index (χ1v) is 15.5. The topological polar surface area (TPSA) is 84.2 Å². The Bertz CT molecular complexity index is 1390. The molecule has 2 fully saturated rings. The van der Waals surface area contributed by atoms with Crippen LogP contribution in [0.15, 0.2) is 22.9 Å². The number of aromatic nitrogens is 2. The lowest BCUT2D eigenvalue weighted by molar-refractivity contribution is 0.0597. The number of ether oxygens (including phenoxy) is 2. The first-order chi connectivity index (χ1) is 18.0. The third kappa shape index (κ3) is 5.54.